The number of hydrogen-bond donors (Lipinski definition) is 1. The lowest BCUT2D eigenvalue weighted by Gasteiger charge is -1.96. The highest BCUT2D eigenvalue weighted by Gasteiger charge is 1.98. The third-order valence-electron chi connectivity index (χ3n) is 1.81. The van der Waals surface area contributed by atoms with Gasteiger partial charge in [0.25, 0.3) is 0 Å². The Hall–Kier alpha value is -1.77. The topological polar surface area (TPSA) is 41.0 Å². The first kappa shape index (κ1) is 8.81. The van der Waals surface area contributed by atoms with Gasteiger partial charge < -0.3 is 4.98 Å². The molecule has 0 spiro atoms. The van der Waals surface area contributed by atoms with Crippen LogP contribution in [0.4, 0.5) is 5.69 Å². The molecule has 0 radical (unpaired) electrons. The summed E-state index contributed by atoms with van der Waals surface area (Å²) < 4.78 is 0. The summed E-state index contributed by atoms with van der Waals surface area (Å²) in [5.74, 6) is 0.850. The number of aliphatic imine (C=N–C) groups is 1. The van der Waals surface area contributed by atoms with Gasteiger partial charge in [-0.15, -0.1) is 0 Å². The van der Waals surface area contributed by atoms with Gasteiger partial charge in [0.05, 0.1) is 10.8 Å². The third-order valence-corrected chi connectivity index (χ3v) is 1.90. The van der Waals surface area contributed by atoms with Gasteiger partial charge in [0.15, 0.2) is 0 Å². The van der Waals surface area contributed by atoms with Crippen LogP contribution < -0.4 is 0 Å². The van der Waals surface area contributed by atoms with Crippen molar-refractivity contribution in [2.24, 2.45) is 4.99 Å². The number of thiocarbonyl (C=S) groups is 1. The summed E-state index contributed by atoms with van der Waals surface area (Å²) in [4.78, 5) is 11.0. The minimum Gasteiger partial charge on any atom is -0.345 e. The van der Waals surface area contributed by atoms with Gasteiger partial charge in [-0.1, -0.05) is 0 Å². The second-order valence-electron chi connectivity index (χ2n) is 2.69. The van der Waals surface area contributed by atoms with Crippen molar-refractivity contribution >= 4 is 23.1 Å². The van der Waals surface area contributed by atoms with Crippen LogP contribution >= 0.6 is 12.2 Å². The van der Waals surface area contributed by atoms with Crippen molar-refractivity contribution in [1.82, 2.24) is 9.97 Å². The van der Waals surface area contributed by atoms with Crippen molar-refractivity contribution in [2.45, 2.75) is 0 Å². The summed E-state index contributed by atoms with van der Waals surface area (Å²) in [6.45, 7) is 0. The van der Waals surface area contributed by atoms with E-state index in [0.717, 1.165) is 17.1 Å². The van der Waals surface area contributed by atoms with Gasteiger partial charge in [0.2, 0.25) is 0 Å². The fourth-order valence-electron chi connectivity index (χ4n) is 1.17. The maximum Gasteiger partial charge on any atom is 0.137 e. The van der Waals surface area contributed by atoms with Crippen LogP contribution in [0.2, 0.25) is 0 Å². The zero-order chi connectivity index (χ0) is 9.80. The largest absolute Gasteiger partial charge is 0.345 e. The van der Waals surface area contributed by atoms with Gasteiger partial charge in [-0.05, 0) is 36.5 Å². The van der Waals surface area contributed by atoms with Crippen LogP contribution in [0.1, 0.15) is 0 Å². The average Bonchev–Trinajstić information content (AvgIpc) is 2.72. The summed E-state index contributed by atoms with van der Waals surface area (Å²) in [7, 11) is 0. The fourth-order valence-corrected chi connectivity index (χ4v) is 1.28. The normalized spacial score (nSPS) is 9.43. The van der Waals surface area contributed by atoms with E-state index in [2.05, 4.69) is 32.3 Å². The number of imidazole rings is 1. The van der Waals surface area contributed by atoms with E-state index in [-0.39, 0.29) is 0 Å². The number of aromatic nitrogens is 2. The Morgan fingerprint density at radius 3 is 2.64 bits per heavy atom. The molecule has 0 amide bonds. The molecule has 4 heteroatoms. The van der Waals surface area contributed by atoms with Gasteiger partial charge in [-0.2, -0.15) is 4.99 Å². The zero-order valence-corrected chi connectivity index (χ0v) is 8.08. The first-order valence-electron chi connectivity index (χ1n) is 4.08. The van der Waals surface area contributed by atoms with Crippen molar-refractivity contribution in [3.05, 3.63) is 36.7 Å². The fraction of sp³-hybridized carbons (Fsp3) is 0. The molecule has 1 heterocycles. The van der Waals surface area contributed by atoms with Gasteiger partial charge in [-0.25, -0.2) is 4.98 Å². The van der Waals surface area contributed by atoms with Gasteiger partial charge in [-0.3, -0.25) is 0 Å². The molecule has 0 unspecified atom stereocenters. The number of hydrogen-bond acceptors (Lipinski definition) is 3. The lowest BCUT2D eigenvalue weighted by atomic mass is 10.2. The molecule has 2 aromatic rings. The number of H-pyrrole nitrogens is 1. The van der Waals surface area contributed by atoms with Crippen LogP contribution in [-0.2, 0) is 0 Å². The minimum absolute atomic E-state index is 0.801. The molecule has 68 valence electrons. The number of benzene rings is 1. The van der Waals surface area contributed by atoms with E-state index in [4.69, 9.17) is 0 Å². The number of nitrogens with one attached hydrogen (secondary N) is 1. The van der Waals surface area contributed by atoms with Gasteiger partial charge in [0.1, 0.15) is 5.82 Å². The highest BCUT2D eigenvalue weighted by atomic mass is 32.1. The first-order chi connectivity index (χ1) is 6.90. The predicted octanol–water partition coefficient (Wildman–Crippen LogP) is 2.81. The predicted molar refractivity (Wildman–Crippen MR) is 58.7 cm³/mol. The molecule has 1 aromatic heterocycles. The van der Waals surface area contributed by atoms with E-state index >= 15 is 0 Å². The van der Waals surface area contributed by atoms with Crippen LogP contribution in [0.25, 0.3) is 11.4 Å². The second kappa shape index (κ2) is 3.96. The molecule has 0 aliphatic rings. The molecule has 14 heavy (non-hydrogen) atoms. The molecule has 1 N–H and O–H groups in total. The van der Waals surface area contributed by atoms with Crippen molar-refractivity contribution < 1.29 is 0 Å². The number of aromatic amines is 1. The van der Waals surface area contributed by atoms with Crippen LogP contribution in [0.15, 0.2) is 41.7 Å². The Bertz CT molecular complexity index is 453. The summed E-state index contributed by atoms with van der Waals surface area (Å²) >= 11 is 4.51. The van der Waals surface area contributed by atoms with Crippen molar-refractivity contribution in [3.8, 4) is 11.4 Å². The molecule has 2 rings (SSSR count). The van der Waals surface area contributed by atoms with Crippen LogP contribution in [0.3, 0.4) is 0 Å². The molecule has 0 saturated heterocycles. The van der Waals surface area contributed by atoms with Crippen LogP contribution in [0, 0.1) is 0 Å². The molecule has 0 aliphatic heterocycles. The Morgan fingerprint density at radius 2 is 2.07 bits per heavy atom. The van der Waals surface area contributed by atoms with Crippen LogP contribution in [0.5, 0.6) is 0 Å². The molecule has 3 nitrogen and oxygen atoms in total. The summed E-state index contributed by atoms with van der Waals surface area (Å²) in [5, 5.41) is 2.32. The van der Waals surface area contributed by atoms with E-state index in [1.54, 1.807) is 12.4 Å². The molecular weight excluding hydrogens is 194 g/mol. The van der Waals surface area contributed by atoms with Crippen molar-refractivity contribution in [1.29, 1.82) is 0 Å². The smallest absolute Gasteiger partial charge is 0.137 e. The van der Waals surface area contributed by atoms with E-state index in [9.17, 15) is 0 Å². The Kier molecular flexibility index (Phi) is 2.49. The number of rotatable bonds is 2. The van der Waals surface area contributed by atoms with E-state index < -0.39 is 0 Å². The summed E-state index contributed by atoms with van der Waals surface area (Å²) in [5.41, 5.74) is 1.83. The van der Waals surface area contributed by atoms with Crippen molar-refractivity contribution in [3.63, 3.8) is 0 Å². The standard InChI is InChI=1S/C10H7N3S/c14-7-13-9-3-1-8(2-4-9)10-11-5-6-12-10/h1-6H,(H,11,12). The second-order valence-corrected chi connectivity index (χ2v) is 2.87. The Morgan fingerprint density at radius 1 is 1.29 bits per heavy atom. The Labute approximate surface area is 86.5 Å². The van der Waals surface area contributed by atoms with E-state index in [1.165, 1.54) is 0 Å². The van der Waals surface area contributed by atoms with Gasteiger partial charge >= 0.3 is 0 Å². The molecule has 1 aromatic carbocycles. The summed E-state index contributed by atoms with van der Waals surface area (Å²) in [6, 6.07) is 7.61. The number of isothiocyanates is 1. The SMILES string of the molecule is S=C=Nc1ccc(-c2ncc[nH]2)cc1. The average molecular weight is 201 g/mol. The van der Waals surface area contributed by atoms with Crippen LogP contribution in [-0.4, -0.2) is 15.1 Å². The minimum atomic E-state index is 0.801. The molecule has 0 aliphatic carbocycles. The summed E-state index contributed by atoms with van der Waals surface area (Å²) in [6.07, 6.45) is 3.51. The molecular formula is C10H7N3S. The van der Waals surface area contributed by atoms with Gasteiger partial charge in [0, 0.05) is 18.0 Å². The molecule has 0 saturated carbocycles. The highest BCUT2D eigenvalue weighted by Crippen LogP contribution is 2.18. The number of nitrogens with zero attached hydrogens (tertiary/aromatic N) is 2. The lowest BCUT2D eigenvalue weighted by molar-refractivity contribution is 1.31. The molecule has 0 atom stereocenters. The molecule has 0 bridgehead atoms. The zero-order valence-electron chi connectivity index (χ0n) is 7.27. The van der Waals surface area contributed by atoms with Crippen molar-refractivity contribution in [2.75, 3.05) is 0 Å². The quantitative estimate of drug-likeness (QED) is 0.599. The maximum atomic E-state index is 4.51. The third kappa shape index (κ3) is 1.76. The lowest BCUT2D eigenvalue weighted by Crippen LogP contribution is -1.78. The first-order valence-corrected chi connectivity index (χ1v) is 4.48. The highest BCUT2D eigenvalue weighted by molar-refractivity contribution is 7.78. The maximum absolute atomic E-state index is 4.51. The Balaban J connectivity index is 2.35. The molecule has 0 fully saturated rings. The van der Waals surface area contributed by atoms with E-state index in [0.29, 0.717) is 0 Å². The monoisotopic (exact) mass is 201 g/mol. The van der Waals surface area contributed by atoms with E-state index in [1.807, 2.05) is 24.3 Å².